The minimum atomic E-state index is -0.801. The van der Waals surface area contributed by atoms with E-state index in [0.717, 1.165) is 6.42 Å². The van der Waals surface area contributed by atoms with E-state index < -0.39 is 5.60 Å². The smallest absolute Gasteiger partial charge is 0.236 e. The number of hydrogen-bond acceptors (Lipinski definition) is 4. The Morgan fingerprint density at radius 1 is 1.50 bits per heavy atom. The summed E-state index contributed by atoms with van der Waals surface area (Å²) in [5, 5.41) is 15.2. The standard InChI is InChI=1S/C11H24N2O3/c1-9(13-8-11(2,3)15)10(14)12-6-5-7-16-4/h9,13,15H,5-8H2,1-4H3,(H,12,14). The molecule has 0 aliphatic heterocycles. The molecule has 0 saturated heterocycles. The summed E-state index contributed by atoms with van der Waals surface area (Å²) < 4.78 is 4.88. The van der Waals surface area contributed by atoms with Gasteiger partial charge in [0.2, 0.25) is 5.91 Å². The third kappa shape index (κ3) is 8.64. The summed E-state index contributed by atoms with van der Waals surface area (Å²) in [6.45, 7) is 6.82. The van der Waals surface area contributed by atoms with Gasteiger partial charge in [-0.1, -0.05) is 0 Å². The Bertz CT molecular complexity index is 202. The van der Waals surface area contributed by atoms with E-state index in [2.05, 4.69) is 10.6 Å². The molecule has 0 rings (SSSR count). The van der Waals surface area contributed by atoms with Crippen LogP contribution in [-0.2, 0) is 9.53 Å². The number of ether oxygens (including phenoxy) is 1. The summed E-state index contributed by atoms with van der Waals surface area (Å²) in [6, 6.07) is -0.297. The first-order chi connectivity index (χ1) is 7.37. The van der Waals surface area contributed by atoms with Crippen molar-refractivity contribution < 1.29 is 14.6 Å². The highest BCUT2D eigenvalue weighted by Crippen LogP contribution is 1.98. The lowest BCUT2D eigenvalue weighted by atomic mass is 10.1. The van der Waals surface area contributed by atoms with E-state index >= 15 is 0 Å². The van der Waals surface area contributed by atoms with Crippen LogP contribution < -0.4 is 10.6 Å². The van der Waals surface area contributed by atoms with Gasteiger partial charge in [0, 0.05) is 26.8 Å². The molecule has 96 valence electrons. The number of amides is 1. The van der Waals surface area contributed by atoms with E-state index in [-0.39, 0.29) is 11.9 Å². The molecule has 5 nitrogen and oxygen atoms in total. The molecule has 0 radical (unpaired) electrons. The molecule has 0 bridgehead atoms. The van der Waals surface area contributed by atoms with Crippen molar-refractivity contribution in [3.05, 3.63) is 0 Å². The molecule has 16 heavy (non-hydrogen) atoms. The lowest BCUT2D eigenvalue weighted by Crippen LogP contribution is -2.47. The number of methoxy groups -OCH3 is 1. The second kappa shape index (κ2) is 7.60. The van der Waals surface area contributed by atoms with Gasteiger partial charge in [0.05, 0.1) is 11.6 Å². The van der Waals surface area contributed by atoms with Gasteiger partial charge in [0.15, 0.2) is 0 Å². The van der Waals surface area contributed by atoms with Crippen LogP contribution in [0.1, 0.15) is 27.2 Å². The molecule has 1 atom stereocenters. The van der Waals surface area contributed by atoms with E-state index in [1.54, 1.807) is 27.9 Å². The Labute approximate surface area is 97.6 Å². The van der Waals surface area contributed by atoms with Crippen LogP contribution in [0.25, 0.3) is 0 Å². The quantitative estimate of drug-likeness (QED) is 0.511. The highest BCUT2D eigenvalue weighted by atomic mass is 16.5. The largest absolute Gasteiger partial charge is 0.389 e. The zero-order valence-corrected chi connectivity index (χ0v) is 10.7. The van der Waals surface area contributed by atoms with Gasteiger partial charge in [0.1, 0.15) is 0 Å². The zero-order chi connectivity index (χ0) is 12.6. The number of rotatable bonds is 8. The second-order valence-corrected chi connectivity index (χ2v) is 4.55. The molecule has 0 saturated carbocycles. The van der Waals surface area contributed by atoms with E-state index in [0.29, 0.717) is 19.7 Å². The van der Waals surface area contributed by atoms with Gasteiger partial charge in [-0.25, -0.2) is 0 Å². The van der Waals surface area contributed by atoms with E-state index in [4.69, 9.17) is 4.74 Å². The minimum absolute atomic E-state index is 0.0552. The molecular weight excluding hydrogens is 208 g/mol. The first kappa shape index (κ1) is 15.3. The first-order valence-corrected chi connectivity index (χ1v) is 5.59. The lowest BCUT2D eigenvalue weighted by Gasteiger charge is -2.21. The Balaban J connectivity index is 3.65. The van der Waals surface area contributed by atoms with Gasteiger partial charge in [-0.05, 0) is 27.2 Å². The summed E-state index contributed by atoms with van der Waals surface area (Å²) in [4.78, 5) is 11.5. The molecule has 0 fully saturated rings. The Kier molecular flexibility index (Phi) is 7.29. The minimum Gasteiger partial charge on any atom is -0.389 e. The predicted octanol–water partition coefficient (Wildman–Crippen LogP) is -0.112. The van der Waals surface area contributed by atoms with Gasteiger partial charge in [-0.2, -0.15) is 0 Å². The number of carbonyl (C=O) groups excluding carboxylic acids is 1. The zero-order valence-electron chi connectivity index (χ0n) is 10.7. The number of carbonyl (C=O) groups is 1. The van der Waals surface area contributed by atoms with Crippen molar-refractivity contribution in [1.29, 1.82) is 0 Å². The predicted molar refractivity (Wildman–Crippen MR) is 63.3 cm³/mol. The highest BCUT2D eigenvalue weighted by molar-refractivity contribution is 5.81. The fourth-order valence-corrected chi connectivity index (χ4v) is 1.08. The van der Waals surface area contributed by atoms with Crippen LogP contribution in [0, 0.1) is 0 Å². The summed E-state index contributed by atoms with van der Waals surface area (Å²) in [7, 11) is 1.63. The molecule has 0 aromatic carbocycles. The molecule has 0 spiro atoms. The van der Waals surface area contributed by atoms with Crippen molar-refractivity contribution in [2.24, 2.45) is 0 Å². The van der Waals surface area contributed by atoms with Gasteiger partial charge in [-0.15, -0.1) is 0 Å². The monoisotopic (exact) mass is 232 g/mol. The summed E-state index contributed by atoms with van der Waals surface area (Å²) in [5.74, 6) is -0.0552. The maximum atomic E-state index is 11.5. The van der Waals surface area contributed by atoms with Crippen molar-refractivity contribution in [1.82, 2.24) is 10.6 Å². The van der Waals surface area contributed by atoms with Crippen LogP contribution in [-0.4, -0.2) is 49.5 Å². The van der Waals surface area contributed by atoms with Crippen LogP contribution >= 0.6 is 0 Å². The van der Waals surface area contributed by atoms with Gasteiger partial charge in [0.25, 0.3) is 0 Å². The topological polar surface area (TPSA) is 70.6 Å². The lowest BCUT2D eigenvalue weighted by molar-refractivity contribution is -0.122. The molecule has 0 aliphatic carbocycles. The molecule has 0 aromatic heterocycles. The van der Waals surface area contributed by atoms with Crippen molar-refractivity contribution >= 4 is 5.91 Å². The molecule has 5 heteroatoms. The average molecular weight is 232 g/mol. The van der Waals surface area contributed by atoms with Crippen molar-refractivity contribution in [3.8, 4) is 0 Å². The van der Waals surface area contributed by atoms with Crippen LogP contribution in [0.2, 0.25) is 0 Å². The van der Waals surface area contributed by atoms with Crippen LogP contribution in [0.15, 0.2) is 0 Å². The SMILES string of the molecule is COCCCNC(=O)C(C)NCC(C)(C)O. The molecule has 3 N–H and O–H groups in total. The van der Waals surface area contributed by atoms with Gasteiger partial charge < -0.3 is 20.5 Å². The number of aliphatic hydroxyl groups is 1. The summed E-state index contributed by atoms with van der Waals surface area (Å²) in [5.41, 5.74) is -0.801. The van der Waals surface area contributed by atoms with E-state index in [9.17, 15) is 9.90 Å². The van der Waals surface area contributed by atoms with E-state index in [1.807, 2.05) is 0 Å². The van der Waals surface area contributed by atoms with Crippen molar-refractivity contribution in [2.45, 2.75) is 38.8 Å². The highest BCUT2D eigenvalue weighted by Gasteiger charge is 2.17. The third-order valence-corrected chi connectivity index (χ3v) is 2.06. The molecule has 0 aromatic rings. The van der Waals surface area contributed by atoms with E-state index in [1.165, 1.54) is 0 Å². The normalized spacial score (nSPS) is 13.6. The molecule has 1 unspecified atom stereocenters. The van der Waals surface area contributed by atoms with Crippen LogP contribution in [0.3, 0.4) is 0 Å². The molecule has 0 aliphatic rings. The van der Waals surface area contributed by atoms with Crippen LogP contribution in [0.5, 0.6) is 0 Å². The number of nitrogens with one attached hydrogen (secondary N) is 2. The Morgan fingerprint density at radius 2 is 2.12 bits per heavy atom. The Morgan fingerprint density at radius 3 is 2.62 bits per heavy atom. The Hall–Kier alpha value is -0.650. The molecule has 0 heterocycles. The fraction of sp³-hybridized carbons (Fsp3) is 0.909. The summed E-state index contributed by atoms with van der Waals surface area (Å²) >= 11 is 0. The maximum Gasteiger partial charge on any atom is 0.236 e. The third-order valence-electron chi connectivity index (χ3n) is 2.06. The van der Waals surface area contributed by atoms with Crippen molar-refractivity contribution in [2.75, 3.05) is 26.8 Å². The first-order valence-electron chi connectivity index (χ1n) is 5.59. The van der Waals surface area contributed by atoms with Gasteiger partial charge >= 0.3 is 0 Å². The molecular formula is C11H24N2O3. The second-order valence-electron chi connectivity index (χ2n) is 4.55. The number of hydrogen-bond donors (Lipinski definition) is 3. The van der Waals surface area contributed by atoms with Crippen molar-refractivity contribution in [3.63, 3.8) is 0 Å². The maximum absolute atomic E-state index is 11.5. The molecule has 1 amide bonds. The summed E-state index contributed by atoms with van der Waals surface area (Å²) in [6.07, 6.45) is 0.806. The average Bonchev–Trinajstić information content (AvgIpc) is 2.19. The fourth-order valence-electron chi connectivity index (χ4n) is 1.08. The van der Waals surface area contributed by atoms with Crippen LogP contribution in [0.4, 0.5) is 0 Å². The van der Waals surface area contributed by atoms with Gasteiger partial charge in [-0.3, -0.25) is 4.79 Å².